The SMILES string of the molecule is Cc1cccc(Cl)c1N1C(=O)C(C)(C2CC2)NC(=O)C1C. The van der Waals surface area contributed by atoms with Crippen LogP contribution in [0.1, 0.15) is 32.3 Å². The van der Waals surface area contributed by atoms with Crippen molar-refractivity contribution in [1.82, 2.24) is 5.32 Å². The van der Waals surface area contributed by atoms with Crippen molar-refractivity contribution in [3.63, 3.8) is 0 Å². The van der Waals surface area contributed by atoms with E-state index in [2.05, 4.69) is 5.32 Å². The molecule has 2 amide bonds. The van der Waals surface area contributed by atoms with E-state index in [-0.39, 0.29) is 17.7 Å². The monoisotopic (exact) mass is 306 g/mol. The maximum atomic E-state index is 13.0. The minimum Gasteiger partial charge on any atom is -0.340 e. The van der Waals surface area contributed by atoms with Gasteiger partial charge in [-0.3, -0.25) is 14.5 Å². The number of hydrogen-bond acceptors (Lipinski definition) is 2. The molecule has 1 saturated carbocycles. The molecule has 112 valence electrons. The molecule has 21 heavy (non-hydrogen) atoms. The van der Waals surface area contributed by atoms with Crippen molar-refractivity contribution in [2.24, 2.45) is 5.92 Å². The topological polar surface area (TPSA) is 49.4 Å². The van der Waals surface area contributed by atoms with Crippen LogP contribution in [0.15, 0.2) is 18.2 Å². The Balaban J connectivity index is 2.10. The highest BCUT2D eigenvalue weighted by Crippen LogP contribution is 2.44. The van der Waals surface area contributed by atoms with E-state index in [1.807, 2.05) is 26.0 Å². The van der Waals surface area contributed by atoms with E-state index in [1.54, 1.807) is 17.9 Å². The number of rotatable bonds is 2. The highest BCUT2D eigenvalue weighted by Gasteiger charge is 2.55. The second kappa shape index (κ2) is 4.73. The Morgan fingerprint density at radius 2 is 2.00 bits per heavy atom. The maximum absolute atomic E-state index is 13.0. The van der Waals surface area contributed by atoms with Gasteiger partial charge in [-0.05, 0) is 51.2 Å². The van der Waals surface area contributed by atoms with Gasteiger partial charge in [0.2, 0.25) is 5.91 Å². The van der Waals surface area contributed by atoms with Gasteiger partial charge in [0.25, 0.3) is 5.91 Å². The van der Waals surface area contributed by atoms with Crippen LogP contribution < -0.4 is 10.2 Å². The van der Waals surface area contributed by atoms with E-state index in [1.165, 1.54) is 0 Å². The Kier molecular flexibility index (Phi) is 3.24. The number of carbonyl (C=O) groups is 2. The molecule has 2 fully saturated rings. The number of carbonyl (C=O) groups excluding carboxylic acids is 2. The van der Waals surface area contributed by atoms with Crippen molar-refractivity contribution >= 4 is 29.1 Å². The van der Waals surface area contributed by atoms with Crippen LogP contribution in [0.3, 0.4) is 0 Å². The fourth-order valence-corrected chi connectivity index (χ4v) is 3.43. The summed E-state index contributed by atoms with van der Waals surface area (Å²) in [5, 5.41) is 3.42. The molecule has 1 heterocycles. The molecule has 0 radical (unpaired) electrons. The summed E-state index contributed by atoms with van der Waals surface area (Å²) in [7, 11) is 0. The number of anilines is 1. The van der Waals surface area contributed by atoms with Gasteiger partial charge < -0.3 is 5.32 Å². The van der Waals surface area contributed by atoms with E-state index in [0.717, 1.165) is 18.4 Å². The van der Waals surface area contributed by atoms with Crippen LogP contribution in [0, 0.1) is 12.8 Å². The molecular formula is C16H19ClN2O2. The van der Waals surface area contributed by atoms with Gasteiger partial charge in [0.1, 0.15) is 11.6 Å². The average molecular weight is 307 g/mol. The molecule has 1 N–H and O–H groups in total. The van der Waals surface area contributed by atoms with Crippen LogP contribution in [0.4, 0.5) is 5.69 Å². The molecule has 0 bridgehead atoms. The minimum absolute atomic E-state index is 0.0618. The number of para-hydroxylation sites is 1. The van der Waals surface area contributed by atoms with Gasteiger partial charge in [0.15, 0.2) is 0 Å². The van der Waals surface area contributed by atoms with Gasteiger partial charge in [-0.1, -0.05) is 23.7 Å². The minimum atomic E-state index is -0.810. The fraction of sp³-hybridized carbons (Fsp3) is 0.500. The van der Waals surface area contributed by atoms with E-state index >= 15 is 0 Å². The third-order valence-corrected chi connectivity index (χ3v) is 4.94. The number of aryl methyl sites for hydroxylation is 1. The summed E-state index contributed by atoms with van der Waals surface area (Å²) < 4.78 is 0. The lowest BCUT2D eigenvalue weighted by Gasteiger charge is -2.44. The first-order valence-corrected chi connectivity index (χ1v) is 7.65. The van der Waals surface area contributed by atoms with Crippen LogP contribution in [0.2, 0.25) is 5.02 Å². The van der Waals surface area contributed by atoms with Crippen molar-refractivity contribution < 1.29 is 9.59 Å². The molecule has 1 aromatic carbocycles. The highest BCUT2D eigenvalue weighted by molar-refractivity contribution is 6.34. The predicted octanol–water partition coefficient (Wildman–Crippen LogP) is 2.67. The van der Waals surface area contributed by atoms with Crippen LogP contribution >= 0.6 is 11.6 Å². The molecule has 3 rings (SSSR count). The van der Waals surface area contributed by atoms with E-state index in [0.29, 0.717) is 10.7 Å². The van der Waals surface area contributed by atoms with Gasteiger partial charge in [-0.15, -0.1) is 0 Å². The first kappa shape index (κ1) is 14.4. The lowest BCUT2D eigenvalue weighted by Crippen LogP contribution is -2.70. The number of hydrogen-bond donors (Lipinski definition) is 1. The number of nitrogens with zero attached hydrogens (tertiary/aromatic N) is 1. The largest absolute Gasteiger partial charge is 0.340 e. The second-order valence-corrected chi connectivity index (χ2v) is 6.63. The summed E-state index contributed by atoms with van der Waals surface area (Å²) in [5.74, 6) is 0.0448. The van der Waals surface area contributed by atoms with Gasteiger partial charge in [-0.2, -0.15) is 0 Å². The molecule has 4 nitrogen and oxygen atoms in total. The van der Waals surface area contributed by atoms with Crippen LogP contribution in [0.5, 0.6) is 0 Å². The van der Waals surface area contributed by atoms with E-state index in [4.69, 9.17) is 11.6 Å². The molecule has 1 saturated heterocycles. The number of benzene rings is 1. The predicted molar refractivity (Wildman–Crippen MR) is 82.4 cm³/mol. The molecule has 2 unspecified atom stereocenters. The molecule has 1 aromatic rings. The number of nitrogens with one attached hydrogen (secondary N) is 1. The van der Waals surface area contributed by atoms with Gasteiger partial charge >= 0.3 is 0 Å². The zero-order valence-electron chi connectivity index (χ0n) is 12.4. The number of halogens is 1. The first-order chi connectivity index (χ1) is 9.86. The third kappa shape index (κ3) is 2.13. The molecule has 5 heteroatoms. The molecule has 0 spiro atoms. The molecule has 1 aliphatic carbocycles. The Morgan fingerprint density at radius 3 is 2.57 bits per heavy atom. The van der Waals surface area contributed by atoms with Gasteiger partial charge in [0.05, 0.1) is 10.7 Å². The van der Waals surface area contributed by atoms with Crippen molar-refractivity contribution in [2.75, 3.05) is 4.90 Å². The van der Waals surface area contributed by atoms with Gasteiger partial charge in [0, 0.05) is 0 Å². The summed E-state index contributed by atoms with van der Waals surface area (Å²) in [6.07, 6.45) is 1.96. The summed E-state index contributed by atoms with van der Waals surface area (Å²) in [5.41, 5.74) is 0.740. The van der Waals surface area contributed by atoms with Crippen LogP contribution in [-0.4, -0.2) is 23.4 Å². The van der Waals surface area contributed by atoms with Crippen molar-refractivity contribution in [1.29, 1.82) is 0 Å². The zero-order chi connectivity index (χ0) is 15.4. The van der Waals surface area contributed by atoms with Crippen molar-refractivity contribution in [3.05, 3.63) is 28.8 Å². The van der Waals surface area contributed by atoms with Crippen molar-refractivity contribution in [3.8, 4) is 0 Å². The Bertz CT molecular complexity index is 606. The number of amides is 2. The fourth-order valence-electron chi connectivity index (χ4n) is 3.12. The van der Waals surface area contributed by atoms with Crippen LogP contribution in [0.25, 0.3) is 0 Å². The summed E-state index contributed by atoms with van der Waals surface area (Å²) in [4.78, 5) is 27.0. The highest BCUT2D eigenvalue weighted by atomic mass is 35.5. The first-order valence-electron chi connectivity index (χ1n) is 7.27. The summed E-state index contributed by atoms with van der Waals surface area (Å²) >= 11 is 6.30. The normalized spacial score (nSPS) is 29.5. The van der Waals surface area contributed by atoms with E-state index in [9.17, 15) is 9.59 Å². The quantitative estimate of drug-likeness (QED) is 0.913. The summed E-state index contributed by atoms with van der Waals surface area (Å²) in [6, 6.07) is 4.95. The Hall–Kier alpha value is -1.55. The molecule has 0 aromatic heterocycles. The zero-order valence-corrected chi connectivity index (χ0v) is 13.2. The Labute approximate surface area is 129 Å². The second-order valence-electron chi connectivity index (χ2n) is 6.22. The molecule has 2 atom stereocenters. The van der Waals surface area contributed by atoms with Crippen LogP contribution in [-0.2, 0) is 9.59 Å². The molecular weight excluding hydrogens is 288 g/mol. The smallest absolute Gasteiger partial charge is 0.253 e. The van der Waals surface area contributed by atoms with Crippen molar-refractivity contribution in [2.45, 2.75) is 45.2 Å². The Morgan fingerprint density at radius 1 is 1.33 bits per heavy atom. The standard InChI is InChI=1S/C16H19ClN2O2/c1-9-5-4-6-12(17)13(9)19-10(2)14(20)18-16(3,15(19)21)11-7-8-11/h4-6,10-11H,7-8H2,1-3H3,(H,18,20). The number of piperazine rings is 1. The van der Waals surface area contributed by atoms with E-state index < -0.39 is 11.6 Å². The average Bonchev–Trinajstić information content (AvgIpc) is 3.24. The molecule has 1 aliphatic heterocycles. The third-order valence-electron chi connectivity index (χ3n) is 4.64. The molecule has 2 aliphatic rings. The van der Waals surface area contributed by atoms with Gasteiger partial charge in [-0.25, -0.2) is 0 Å². The summed E-state index contributed by atoms with van der Waals surface area (Å²) in [6.45, 7) is 5.47. The lowest BCUT2D eigenvalue weighted by molar-refractivity contribution is -0.138. The maximum Gasteiger partial charge on any atom is 0.253 e. The lowest BCUT2D eigenvalue weighted by atomic mass is 9.89.